The number of H-pyrrole nitrogens is 1. The van der Waals surface area contributed by atoms with Crippen LogP contribution in [0.25, 0.3) is 10.2 Å². The fraction of sp³-hybridized carbons (Fsp3) is 0.435. The minimum Gasteiger partial charge on any atom is -0.506 e. The van der Waals surface area contributed by atoms with Crippen molar-refractivity contribution < 1.29 is 10.2 Å². The molecule has 1 atom stereocenters. The van der Waals surface area contributed by atoms with Crippen molar-refractivity contribution in [1.29, 1.82) is 0 Å². The number of piperidine rings is 1. The van der Waals surface area contributed by atoms with Crippen molar-refractivity contribution in [3.8, 4) is 5.75 Å². The first-order chi connectivity index (χ1) is 14.6. The SMILES string of the molecule is Cl.Cl.O=c1[nH]c2c(O)ccc(CC(O)NCCc3cccc(CN4CCCCC4)c3)c2s1. The quantitative estimate of drug-likeness (QED) is 0.354. The number of benzene rings is 2. The first kappa shape index (κ1) is 26.6. The van der Waals surface area contributed by atoms with Gasteiger partial charge in [0.1, 0.15) is 17.5 Å². The summed E-state index contributed by atoms with van der Waals surface area (Å²) < 4.78 is 0.700. The number of fused-ring (bicyclic) bond motifs is 1. The minimum atomic E-state index is -0.716. The van der Waals surface area contributed by atoms with Crippen molar-refractivity contribution >= 4 is 46.4 Å². The van der Waals surface area contributed by atoms with Gasteiger partial charge in [0.2, 0.25) is 0 Å². The van der Waals surface area contributed by atoms with Gasteiger partial charge in [-0.3, -0.25) is 15.0 Å². The van der Waals surface area contributed by atoms with E-state index in [1.807, 2.05) is 0 Å². The number of nitrogens with one attached hydrogen (secondary N) is 2. The fourth-order valence-corrected chi connectivity index (χ4v) is 5.04. The normalized spacial score (nSPS) is 15.2. The van der Waals surface area contributed by atoms with E-state index in [-0.39, 0.29) is 35.4 Å². The summed E-state index contributed by atoms with van der Waals surface area (Å²) in [7, 11) is 0. The Kier molecular flexibility index (Phi) is 10.5. The molecule has 176 valence electrons. The highest BCUT2D eigenvalue weighted by molar-refractivity contribution is 7.16. The lowest BCUT2D eigenvalue weighted by atomic mass is 10.1. The second kappa shape index (κ2) is 12.6. The predicted molar refractivity (Wildman–Crippen MR) is 136 cm³/mol. The van der Waals surface area contributed by atoms with Crippen LogP contribution in [0.3, 0.4) is 0 Å². The van der Waals surface area contributed by atoms with Crippen molar-refractivity contribution in [1.82, 2.24) is 15.2 Å². The van der Waals surface area contributed by atoms with E-state index in [1.165, 1.54) is 43.5 Å². The van der Waals surface area contributed by atoms with Crippen molar-refractivity contribution in [3.05, 3.63) is 62.8 Å². The number of aliphatic hydroxyl groups is 1. The van der Waals surface area contributed by atoms with Gasteiger partial charge in [0.25, 0.3) is 0 Å². The molecule has 1 fully saturated rings. The van der Waals surface area contributed by atoms with E-state index in [9.17, 15) is 15.0 Å². The number of hydrogen-bond donors (Lipinski definition) is 4. The molecule has 0 radical (unpaired) electrons. The molecule has 32 heavy (non-hydrogen) atoms. The third kappa shape index (κ3) is 6.94. The van der Waals surface area contributed by atoms with E-state index in [2.05, 4.69) is 39.5 Å². The van der Waals surface area contributed by atoms with Gasteiger partial charge in [0.15, 0.2) is 0 Å². The largest absolute Gasteiger partial charge is 0.506 e. The smallest absolute Gasteiger partial charge is 0.305 e. The third-order valence-electron chi connectivity index (χ3n) is 5.69. The molecule has 0 spiro atoms. The molecule has 2 aromatic carbocycles. The molecule has 1 saturated heterocycles. The second-order valence-electron chi connectivity index (χ2n) is 8.04. The Morgan fingerprint density at radius 1 is 1.09 bits per heavy atom. The zero-order chi connectivity index (χ0) is 20.9. The van der Waals surface area contributed by atoms with Gasteiger partial charge >= 0.3 is 4.87 Å². The highest BCUT2D eigenvalue weighted by Crippen LogP contribution is 2.28. The van der Waals surface area contributed by atoms with E-state index in [1.54, 1.807) is 12.1 Å². The number of nitrogens with zero attached hydrogens (tertiary/aromatic N) is 1. The van der Waals surface area contributed by atoms with Crippen LogP contribution in [0.5, 0.6) is 5.75 Å². The first-order valence-electron chi connectivity index (χ1n) is 10.6. The molecule has 3 aromatic rings. The Morgan fingerprint density at radius 3 is 2.62 bits per heavy atom. The summed E-state index contributed by atoms with van der Waals surface area (Å²) in [5.74, 6) is 0.0546. The monoisotopic (exact) mass is 499 g/mol. The first-order valence-corrected chi connectivity index (χ1v) is 11.5. The summed E-state index contributed by atoms with van der Waals surface area (Å²) in [5, 5.41) is 23.5. The van der Waals surface area contributed by atoms with Gasteiger partial charge in [-0.1, -0.05) is 48.1 Å². The number of thiazole rings is 1. The van der Waals surface area contributed by atoms with Gasteiger partial charge in [-0.15, -0.1) is 24.8 Å². The second-order valence-corrected chi connectivity index (χ2v) is 9.03. The van der Waals surface area contributed by atoms with Gasteiger partial charge in [-0.2, -0.15) is 0 Å². The Hall–Kier alpha value is -1.61. The van der Waals surface area contributed by atoms with Gasteiger partial charge in [0, 0.05) is 19.5 Å². The maximum absolute atomic E-state index is 11.6. The summed E-state index contributed by atoms with van der Waals surface area (Å²) in [6.07, 6.45) is 4.45. The molecule has 0 saturated carbocycles. The zero-order valence-electron chi connectivity index (χ0n) is 17.9. The molecular formula is C23H31Cl2N3O3S. The number of hydrogen-bond acceptors (Lipinski definition) is 6. The average molecular weight is 500 g/mol. The summed E-state index contributed by atoms with van der Waals surface area (Å²) in [4.78, 5) is 16.6. The van der Waals surface area contributed by atoms with E-state index < -0.39 is 6.23 Å². The summed E-state index contributed by atoms with van der Waals surface area (Å²) >= 11 is 1.06. The number of aliphatic hydroxyl groups excluding tert-OH is 1. The van der Waals surface area contributed by atoms with Crippen LogP contribution < -0.4 is 10.2 Å². The number of rotatable bonds is 8. The van der Waals surface area contributed by atoms with Crippen LogP contribution >= 0.6 is 36.2 Å². The Morgan fingerprint density at radius 2 is 1.84 bits per heavy atom. The molecule has 4 rings (SSSR count). The molecule has 0 amide bonds. The molecule has 0 aliphatic carbocycles. The molecule has 1 aliphatic heterocycles. The molecule has 9 heteroatoms. The molecule has 1 aromatic heterocycles. The number of likely N-dealkylation sites (tertiary alicyclic amines) is 1. The van der Waals surface area contributed by atoms with Crippen LogP contribution in [0.2, 0.25) is 0 Å². The molecule has 0 bridgehead atoms. The van der Waals surface area contributed by atoms with Crippen molar-refractivity contribution in [3.63, 3.8) is 0 Å². The van der Waals surface area contributed by atoms with Crippen molar-refractivity contribution in [2.75, 3.05) is 19.6 Å². The van der Waals surface area contributed by atoms with Crippen LogP contribution in [-0.4, -0.2) is 46.0 Å². The van der Waals surface area contributed by atoms with Crippen LogP contribution in [-0.2, 0) is 19.4 Å². The summed E-state index contributed by atoms with van der Waals surface area (Å²) in [6.45, 7) is 4.07. The van der Waals surface area contributed by atoms with Crippen LogP contribution in [0.15, 0.2) is 41.2 Å². The zero-order valence-corrected chi connectivity index (χ0v) is 20.3. The lowest BCUT2D eigenvalue weighted by Gasteiger charge is -2.26. The van der Waals surface area contributed by atoms with Gasteiger partial charge in [0.05, 0.1) is 4.70 Å². The number of aromatic amines is 1. The number of phenols is 1. The molecule has 1 unspecified atom stereocenters. The van der Waals surface area contributed by atoms with Gasteiger partial charge in [-0.05, 0) is 55.1 Å². The number of phenolic OH excluding ortho intramolecular Hbond substituents is 1. The number of aromatic hydroxyl groups is 1. The highest BCUT2D eigenvalue weighted by atomic mass is 35.5. The number of aromatic nitrogens is 1. The van der Waals surface area contributed by atoms with E-state index >= 15 is 0 Å². The lowest BCUT2D eigenvalue weighted by molar-refractivity contribution is 0.138. The highest BCUT2D eigenvalue weighted by Gasteiger charge is 2.13. The van der Waals surface area contributed by atoms with E-state index in [4.69, 9.17) is 0 Å². The maximum Gasteiger partial charge on any atom is 0.305 e. The standard InChI is InChI=1S/C23H29N3O3S.2ClH/c27-19-8-7-18(22-21(19)25-23(29)30-22)14-20(28)24-10-9-16-5-4-6-17(13-16)15-26-11-2-1-3-12-26;;/h4-8,13,20,24,27-28H,1-3,9-12,14-15H2,(H,25,29);2*1H. The maximum atomic E-state index is 11.6. The number of halogens is 2. The Bertz CT molecular complexity index is 1050. The minimum absolute atomic E-state index is 0. The van der Waals surface area contributed by atoms with Crippen LogP contribution in [0.4, 0.5) is 0 Å². The molecule has 2 heterocycles. The predicted octanol–water partition coefficient (Wildman–Crippen LogP) is 3.82. The third-order valence-corrected chi connectivity index (χ3v) is 6.65. The van der Waals surface area contributed by atoms with Gasteiger partial charge < -0.3 is 15.2 Å². The molecule has 4 N–H and O–H groups in total. The van der Waals surface area contributed by atoms with Crippen molar-refractivity contribution in [2.45, 2.75) is 44.9 Å². The van der Waals surface area contributed by atoms with E-state index in [0.717, 1.165) is 29.9 Å². The van der Waals surface area contributed by atoms with Gasteiger partial charge in [-0.25, -0.2) is 0 Å². The Balaban J connectivity index is 0.00000181. The van der Waals surface area contributed by atoms with Crippen LogP contribution in [0, 0.1) is 0 Å². The molecule has 6 nitrogen and oxygen atoms in total. The van der Waals surface area contributed by atoms with Crippen LogP contribution in [0.1, 0.15) is 36.0 Å². The van der Waals surface area contributed by atoms with E-state index in [0.29, 0.717) is 23.2 Å². The average Bonchev–Trinajstić information content (AvgIpc) is 3.14. The molecule has 1 aliphatic rings. The Labute approximate surface area is 204 Å². The summed E-state index contributed by atoms with van der Waals surface area (Å²) in [5.41, 5.74) is 3.90. The lowest BCUT2D eigenvalue weighted by Crippen LogP contribution is -2.32. The topological polar surface area (TPSA) is 88.6 Å². The molecular weight excluding hydrogens is 469 g/mol. The summed E-state index contributed by atoms with van der Waals surface area (Å²) in [6, 6.07) is 12.0. The van der Waals surface area contributed by atoms with Crippen molar-refractivity contribution in [2.24, 2.45) is 0 Å². The fourth-order valence-electron chi connectivity index (χ4n) is 4.16.